The first-order valence-corrected chi connectivity index (χ1v) is 25.0. The van der Waals surface area contributed by atoms with Crippen LogP contribution < -0.4 is 10.2 Å². The Balaban J connectivity index is -0.000000878. The van der Waals surface area contributed by atoms with Crippen LogP contribution in [0.2, 0.25) is 0 Å². The summed E-state index contributed by atoms with van der Waals surface area (Å²) in [6, 6.07) is 11.8. The summed E-state index contributed by atoms with van der Waals surface area (Å²) in [6.45, 7) is 17.0. The molecule has 0 unspecified atom stereocenters. The van der Waals surface area contributed by atoms with E-state index in [1.807, 2.05) is 12.2 Å². The molecule has 0 bridgehead atoms. The first-order valence-electron chi connectivity index (χ1n) is 25.0. The topological polar surface area (TPSA) is 133 Å². The minimum atomic E-state index is -1.37. The molecule has 2 rings (SSSR count). The zero-order chi connectivity index (χ0) is 47.7. The van der Waals surface area contributed by atoms with Crippen LogP contribution in [0.25, 0.3) is 0 Å². The third-order valence-electron chi connectivity index (χ3n) is 10.3. The second-order valence-corrected chi connectivity index (χ2v) is 16.1. The molecule has 0 aliphatic carbocycles. The molecule has 9 heteroatoms. The summed E-state index contributed by atoms with van der Waals surface area (Å²) in [6.07, 6.45) is 42.9. The van der Waals surface area contributed by atoms with Gasteiger partial charge >= 0.3 is 35.8 Å². The maximum absolute atomic E-state index is 11.9. The average molecular weight is 1010 g/mol. The molecule has 0 aromatic heterocycles. The smallest absolute Gasteiger partial charge is 0.545 e. The molecule has 0 spiro atoms. The van der Waals surface area contributed by atoms with Gasteiger partial charge < -0.3 is 29.3 Å². The second-order valence-electron chi connectivity index (χ2n) is 16.1. The number of esters is 2. The molecule has 0 saturated heterocycles. The first kappa shape index (κ1) is 65.9. The summed E-state index contributed by atoms with van der Waals surface area (Å²) in [5.74, 6) is -4.00. The maximum atomic E-state index is 11.9. The summed E-state index contributed by atoms with van der Waals surface area (Å²) in [5, 5.41) is 21.9. The van der Waals surface area contributed by atoms with Gasteiger partial charge in [0.25, 0.3) is 0 Å². The van der Waals surface area contributed by atoms with E-state index in [2.05, 4.69) is 53.7 Å². The number of allylic oxidation sites excluding steroid dienone is 2. The van der Waals surface area contributed by atoms with Crippen molar-refractivity contribution in [3.63, 3.8) is 0 Å². The number of rotatable bonds is 34. The Morgan fingerprint density at radius 1 is 0.415 bits per heavy atom. The SMILES string of the molecule is CCCCCCCC/C=C/CCOC(=O)c1ccccc1C(=O)[O-].CCCCCCCC/C=C/CCOC(=O)c1ccccc1C(=O)[O-].[CH2]CCCCCCC.[CH2]CCCCCCC.[Sn+2]. The zero-order valence-corrected chi connectivity index (χ0v) is 44.2. The van der Waals surface area contributed by atoms with E-state index >= 15 is 0 Å². The van der Waals surface area contributed by atoms with E-state index < -0.39 is 23.9 Å². The van der Waals surface area contributed by atoms with E-state index in [0.717, 1.165) is 25.7 Å². The van der Waals surface area contributed by atoms with Crippen LogP contribution in [0.15, 0.2) is 72.8 Å². The number of unbranched alkanes of at least 4 members (excludes halogenated alkanes) is 22. The van der Waals surface area contributed by atoms with Crippen LogP contribution in [0.5, 0.6) is 0 Å². The Bertz CT molecular complexity index is 1350. The van der Waals surface area contributed by atoms with Gasteiger partial charge in [0.05, 0.1) is 36.3 Å². The molecule has 364 valence electrons. The van der Waals surface area contributed by atoms with Crippen molar-refractivity contribution >= 4 is 47.8 Å². The molecule has 0 heterocycles. The number of hydrogen-bond donors (Lipinski definition) is 0. The van der Waals surface area contributed by atoms with Gasteiger partial charge in [0.2, 0.25) is 0 Å². The minimum Gasteiger partial charge on any atom is -0.545 e. The quantitative estimate of drug-likeness (QED) is 0.0293. The van der Waals surface area contributed by atoms with Crippen molar-refractivity contribution in [3.05, 3.63) is 109 Å². The van der Waals surface area contributed by atoms with Crippen molar-refractivity contribution in [2.24, 2.45) is 0 Å². The van der Waals surface area contributed by atoms with Crippen LogP contribution in [-0.2, 0) is 9.47 Å². The number of carboxylic acid groups (broad SMARTS) is 2. The third kappa shape index (κ3) is 41.7. The molecule has 2 aromatic carbocycles. The number of carbonyl (C=O) groups is 4. The van der Waals surface area contributed by atoms with Crippen LogP contribution in [0.1, 0.15) is 249 Å². The molecule has 8 nitrogen and oxygen atoms in total. The fourth-order valence-corrected chi connectivity index (χ4v) is 6.39. The summed E-state index contributed by atoms with van der Waals surface area (Å²) in [7, 11) is 0. The van der Waals surface area contributed by atoms with Gasteiger partial charge in [-0.25, -0.2) is 9.59 Å². The van der Waals surface area contributed by atoms with Crippen molar-refractivity contribution in [2.75, 3.05) is 13.2 Å². The summed E-state index contributed by atoms with van der Waals surface area (Å²) in [4.78, 5) is 45.7. The van der Waals surface area contributed by atoms with E-state index in [0.29, 0.717) is 12.8 Å². The Kier molecular flexibility index (Phi) is 52.3. The average Bonchev–Trinajstić information content (AvgIpc) is 3.30. The van der Waals surface area contributed by atoms with Crippen LogP contribution >= 0.6 is 0 Å². The normalized spacial score (nSPS) is 10.4. The predicted octanol–water partition coefficient (Wildman–Crippen LogP) is 13.8. The molecule has 0 fully saturated rings. The van der Waals surface area contributed by atoms with Gasteiger partial charge in [-0.15, -0.1) is 0 Å². The van der Waals surface area contributed by atoms with E-state index in [1.54, 1.807) is 24.3 Å². The fourth-order valence-electron chi connectivity index (χ4n) is 6.39. The minimum absolute atomic E-state index is 0. The van der Waals surface area contributed by atoms with Crippen molar-refractivity contribution in [1.29, 1.82) is 0 Å². The van der Waals surface area contributed by atoms with E-state index in [-0.39, 0.29) is 59.4 Å². The molecule has 4 radical (unpaired) electrons. The Morgan fingerprint density at radius 3 is 0.969 bits per heavy atom. The number of ether oxygens (including phenoxy) is 2. The molecule has 0 atom stereocenters. The Labute approximate surface area is 414 Å². The zero-order valence-electron chi connectivity index (χ0n) is 41.3. The van der Waals surface area contributed by atoms with E-state index in [1.165, 1.54) is 166 Å². The maximum Gasteiger partial charge on any atom is 2.00 e. The van der Waals surface area contributed by atoms with E-state index in [4.69, 9.17) is 9.47 Å². The third-order valence-corrected chi connectivity index (χ3v) is 10.3. The molecule has 2 aromatic rings. The number of benzene rings is 2. The van der Waals surface area contributed by atoms with Crippen LogP contribution in [0.3, 0.4) is 0 Å². The molecule has 0 saturated carbocycles. The standard InChI is InChI=1S/2C20H28O4.2C8H17.Sn/c2*1-2-3-4-5-6-7-8-9-10-13-16-24-20(23)18-15-12-11-14-17(18)19(21)22;2*1-3-5-7-8-6-4-2;/h2*9-12,14-15H,2-8,13,16H2,1H3,(H,21,22);2*1,3-8H2,2H3;/q;;;;+2/p-2/b2*10-9+;;;. The summed E-state index contributed by atoms with van der Waals surface area (Å²) in [5.41, 5.74) is -0.204. The van der Waals surface area contributed by atoms with Crippen molar-refractivity contribution < 1.29 is 38.9 Å². The molecular formula is C56H88O8Sn. The van der Waals surface area contributed by atoms with Gasteiger partial charge in [0, 0.05) is 11.1 Å². The summed E-state index contributed by atoms with van der Waals surface area (Å²) < 4.78 is 10.2. The van der Waals surface area contributed by atoms with E-state index in [9.17, 15) is 29.4 Å². The van der Waals surface area contributed by atoms with Crippen LogP contribution in [0.4, 0.5) is 0 Å². The van der Waals surface area contributed by atoms with Gasteiger partial charge in [0.1, 0.15) is 0 Å². The molecule has 0 aliphatic heterocycles. The van der Waals surface area contributed by atoms with Gasteiger partial charge in [-0.05, 0) is 50.7 Å². The second kappa shape index (κ2) is 51.6. The largest absolute Gasteiger partial charge is 2.00 e. The Hall–Kier alpha value is -3.40. The fraction of sp³-hybridized carbons (Fsp3) is 0.607. The molecule has 0 N–H and O–H groups in total. The molecular weight excluding hydrogens is 919 g/mol. The predicted molar refractivity (Wildman–Crippen MR) is 269 cm³/mol. The van der Waals surface area contributed by atoms with Gasteiger partial charge in [0.15, 0.2) is 0 Å². The first-order chi connectivity index (χ1) is 31.2. The molecule has 65 heavy (non-hydrogen) atoms. The summed E-state index contributed by atoms with van der Waals surface area (Å²) >= 11 is 0. The number of carbonyl (C=O) groups excluding carboxylic acids is 4. The number of carboxylic acids is 2. The number of aromatic carboxylic acids is 2. The molecule has 0 aliphatic rings. The van der Waals surface area contributed by atoms with Gasteiger partial charge in [-0.1, -0.05) is 244 Å². The van der Waals surface area contributed by atoms with Gasteiger partial charge in [-0.3, -0.25) is 0 Å². The van der Waals surface area contributed by atoms with Crippen molar-refractivity contribution in [2.45, 2.75) is 207 Å². The molecule has 0 amide bonds. The number of hydrogen-bond acceptors (Lipinski definition) is 8. The van der Waals surface area contributed by atoms with Gasteiger partial charge in [-0.2, -0.15) is 0 Å². The Morgan fingerprint density at radius 2 is 0.677 bits per heavy atom. The van der Waals surface area contributed by atoms with Crippen LogP contribution in [-0.4, -0.2) is 61.0 Å². The monoisotopic (exact) mass is 1010 g/mol. The van der Waals surface area contributed by atoms with Crippen molar-refractivity contribution in [1.82, 2.24) is 0 Å². The van der Waals surface area contributed by atoms with Crippen molar-refractivity contribution in [3.8, 4) is 0 Å². The van der Waals surface area contributed by atoms with Crippen LogP contribution in [0, 0.1) is 13.8 Å².